The summed E-state index contributed by atoms with van der Waals surface area (Å²) in [5.74, 6) is -0.434. The average molecular weight is 275 g/mol. The van der Waals surface area contributed by atoms with Crippen molar-refractivity contribution in [3.05, 3.63) is 46.6 Å². The minimum absolute atomic E-state index is 0.0295. The Kier molecular flexibility index (Phi) is 4.09. The van der Waals surface area contributed by atoms with Gasteiger partial charge in [-0.05, 0) is 19.1 Å². The summed E-state index contributed by atoms with van der Waals surface area (Å²) in [5, 5.41) is 15.0. The van der Waals surface area contributed by atoms with E-state index in [-0.39, 0.29) is 18.8 Å². The van der Waals surface area contributed by atoms with Crippen molar-refractivity contribution in [3.8, 4) is 11.3 Å². The Balaban J connectivity index is 2.37. The van der Waals surface area contributed by atoms with Crippen molar-refractivity contribution in [2.45, 2.75) is 13.5 Å². The number of nitro groups is 1. The first-order chi connectivity index (χ1) is 9.63. The number of benzene rings is 1. The molecule has 0 atom stereocenters. The molecule has 0 saturated carbocycles. The van der Waals surface area contributed by atoms with E-state index in [9.17, 15) is 14.9 Å². The van der Waals surface area contributed by atoms with Crippen LogP contribution in [0.15, 0.2) is 36.5 Å². The molecule has 1 aromatic heterocycles. The number of para-hydroxylation sites is 1. The Bertz CT molecular complexity index is 636. The van der Waals surface area contributed by atoms with Crippen molar-refractivity contribution < 1.29 is 14.5 Å². The van der Waals surface area contributed by atoms with E-state index in [0.717, 1.165) is 0 Å². The van der Waals surface area contributed by atoms with Gasteiger partial charge in [0.25, 0.3) is 5.69 Å². The van der Waals surface area contributed by atoms with Gasteiger partial charge in [-0.2, -0.15) is 5.10 Å². The molecule has 7 nitrogen and oxygen atoms in total. The molecule has 2 aromatic rings. The SMILES string of the molecule is CCOC(=O)Cn1nccc1-c1ccccc1[N+](=O)[O-]. The van der Waals surface area contributed by atoms with Crippen LogP contribution in [0.4, 0.5) is 5.69 Å². The number of ether oxygens (including phenoxy) is 1. The van der Waals surface area contributed by atoms with Gasteiger partial charge in [-0.1, -0.05) is 12.1 Å². The Morgan fingerprint density at radius 3 is 2.85 bits per heavy atom. The first kappa shape index (κ1) is 13.7. The van der Waals surface area contributed by atoms with Gasteiger partial charge in [0.2, 0.25) is 0 Å². The summed E-state index contributed by atoms with van der Waals surface area (Å²) in [4.78, 5) is 22.1. The van der Waals surface area contributed by atoms with Gasteiger partial charge in [0.15, 0.2) is 0 Å². The van der Waals surface area contributed by atoms with Crippen LogP contribution in [0.25, 0.3) is 11.3 Å². The van der Waals surface area contributed by atoms with E-state index in [0.29, 0.717) is 11.3 Å². The van der Waals surface area contributed by atoms with Crippen LogP contribution in [0, 0.1) is 10.1 Å². The molecular formula is C13H13N3O4. The van der Waals surface area contributed by atoms with Crippen LogP contribution in [0.1, 0.15) is 6.92 Å². The largest absolute Gasteiger partial charge is 0.465 e. The molecule has 1 aromatic carbocycles. The standard InChI is InChI=1S/C13H13N3O4/c1-2-20-13(17)9-15-11(7-8-14-15)10-5-3-4-6-12(10)16(18)19/h3-8H,2,9H2,1H3. The van der Waals surface area contributed by atoms with Crippen LogP contribution in [-0.2, 0) is 16.1 Å². The molecule has 0 saturated heterocycles. The lowest BCUT2D eigenvalue weighted by Crippen LogP contribution is -2.15. The third kappa shape index (κ3) is 2.82. The van der Waals surface area contributed by atoms with E-state index in [1.165, 1.54) is 16.9 Å². The molecule has 0 spiro atoms. The highest BCUT2D eigenvalue weighted by molar-refractivity contribution is 5.73. The van der Waals surface area contributed by atoms with Gasteiger partial charge in [0.1, 0.15) is 6.54 Å². The lowest BCUT2D eigenvalue weighted by Gasteiger charge is -2.07. The number of rotatable bonds is 5. The molecule has 0 aliphatic heterocycles. The number of carbonyl (C=O) groups excluding carboxylic acids is 1. The van der Waals surface area contributed by atoms with Gasteiger partial charge < -0.3 is 4.74 Å². The molecule has 0 radical (unpaired) electrons. The third-order valence-electron chi connectivity index (χ3n) is 2.68. The van der Waals surface area contributed by atoms with E-state index in [4.69, 9.17) is 4.74 Å². The predicted octanol–water partition coefficient (Wildman–Crippen LogP) is 2.02. The van der Waals surface area contributed by atoms with Gasteiger partial charge >= 0.3 is 5.97 Å². The zero-order valence-corrected chi connectivity index (χ0v) is 10.9. The summed E-state index contributed by atoms with van der Waals surface area (Å²) in [6, 6.07) is 7.95. The van der Waals surface area contributed by atoms with Crippen LogP contribution in [-0.4, -0.2) is 27.3 Å². The van der Waals surface area contributed by atoms with E-state index < -0.39 is 10.9 Å². The summed E-state index contributed by atoms with van der Waals surface area (Å²) in [7, 11) is 0. The molecule has 1 heterocycles. The number of nitrogens with zero attached hydrogens (tertiary/aromatic N) is 3. The fraction of sp³-hybridized carbons (Fsp3) is 0.231. The quantitative estimate of drug-likeness (QED) is 0.473. The van der Waals surface area contributed by atoms with Crippen LogP contribution in [0.2, 0.25) is 0 Å². The van der Waals surface area contributed by atoms with Crippen molar-refractivity contribution in [2.24, 2.45) is 0 Å². The lowest BCUT2D eigenvalue weighted by molar-refractivity contribution is -0.384. The molecule has 104 valence electrons. The minimum atomic E-state index is -0.461. The lowest BCUT2D eigenvalue weighted by atomic mass is 10.1. The smallest absolute Gasteiger partial charge is 0.327 e. The second kappa shape index (κ2) is 5.96. The third-order valence-corrected chi connectivity index (χ3v) is 2.68. The monoisotopic (exact) mass is 275 g/mol. The van der Waals surface area contributed by atoms with Crippen LogP contribution < -0.4 is 0 Å². The van der Waals surface area contributed by atoms with Crippen LogP contribution >= 0.6 is 0 Å². The highest BCUT2D eigenvalue weighted by atomic mass is 16.6. The fourth-order valence-corrected chi connectivity index (χ4v) is 1.87. The Hall–Kier alpha value is -2.70. The van der Waals surface area contributed by atoms with Crippen LogP contribution in [0.3, 0.4) is 0 Å². The van der Waals surface area contributed by atoms with E-state index in [1.54, 1.807) is 31.2 Å². The second-order valence-corrected chi connectivity index (χ2v) is 3.95. The summed E-state index contributed by atoms with van der Waals surface area (Å²) >= 11 is 0. The summed E-state index contributed by atoms with van der Waals surface area (Å²) in [6.07, 6.45) is 1.49. The highest BCUT2D eigenvalue weighted by Crippen LogP contribution is 2.29. The van der Waals surface area contributed by atoms with E-state index in [2.05, 4.69) is 5.10 Å². The molecule has 7 heteroatoms. The van der Waals surface area contributed by atoms with Crippen molar-refractivity contribution in [1.29, 1.82) is 0 Å². The van der Waals surface area contributed by atoms with Gasteiger partial charge in [-0.25, -0.2) is 0 Å². The van der Waals surface area contributed by atoms with E-state index >= 15 is 0 Å². The van der Waals surface area contributed by atoms with Crippen molar-refractivity contribution in [2.75, 3.05) is 6.61 Å². The molecule has 0 aliphatic rings. The fourth-order valence-electron chi connectivity index (χ4n) is 1.87. The van der Waals surface area contributed by atoms with Crippen molar-refractivity contribution in [3.63, 3.8) is 0 Å². The molecule has 0 bridgehead atoms. The normalized spacial score (nSPS) is 10.2. The minimum Gasteiger partial charge on any atom is -0.465 e. The number of carbonyl (C=O) groups is 1. The molecule has 2 rings (SSSR count). The van der Waals surface area contributed by atoms with E-state index in [1.807, 2.05) is 0 Å². The second-order valence-electron chi connectivity index (χ2n) is 3.95. The molecular weight excluding hydrogens is 262 g/mol. The number of esters is 1. The molecule has 0 amide bonds. The summed E-state index contributed by atoms with van der Waals surface area (Å²) in [5.41, 5.74) is 0.891. The first-order valence-corrected chi connectivity index (χ1v) is 6.04. The van der Waals surface area contributed by atoms with Crippen molar-refractivity contribution >= 4 is 11.7 Å². The zero-order valence-electron chi connectivity index (χ0n) is 10.9. The first-order valence-electron chi connectivity index (χ1n) is 6.04. The average Bonchev–Trinajstić information content (AvgIpc) is 2.86. The highest BCUT2D eigenvalue weighted by Gasteiger charge is 2.18. The van der Waals surface area contributed by atoms with Crippen LogP contribution in [0.5, 0.6) is 0 Å². The number of hydrogen-bond donors (Lipinski definition) is 0. The van der Waals surface area contributed by atoms with Gasteiger partial charge in [-0.15, -0.1) is 0 Å². The topological polar surface area (TPSA) is 87.3 Å². The Morgan fingerprint density at radius 1 is 1.40 bits per heavy atom. The molecule has 20 heavy (non-hydrogen) atoms. The Labute approximate surface area is 114 Å². The molecule has 0 aliphatic carbocycles. The summed E-state index contributed by atoms with van der Waals surface area (Å²) < 4.78 is 6.24. The molecule has 0 N–H and O–H groups in total. The van der Waals surface area contributed by atoms with Gasteiger partial charge in [0, 0.05) is 12.3 Å². The predicted molar refractivity (Wildman–Crippen MR) is 71.0 cm³/mol. The number of aromatic nitrogens is 2. The number of hydrogen-bond acceptors (Lipinski definition) is 5. The number of nitro benzene ring substituents is 1. The Morgan fingerprint density at radius 2 is 2.15 bits per heavy atom. The molecule has 0 unspecified atom stereocenters. The maximum atomic E-state index is 11.5. The zero-order chi connectivity index (χ0) is 14.5. The summed E-state index contributed by atoms with van der Waals surface area (Å²) in [6.45, 7) is 1.91. The maximum absolute atomic E-state index is 11.5. The van der Waals surface area contributed by atoms with Gasteiger partial charge in [0.05, 0.1) is 22.8 Å². The van der Waals surface area contributed by atoms with Gasteiger partial charge in [-0.3, -0.25) is 19.6 Å². The van der Waals surface area contributed by atoms with Crippen molar-refractivity contribution in [1.82, 2.24) is 9.78 Å². The molecule has 0 fully saturated rings. The maximum Gasteiger partial charge on any atom is 0.327 e.